The monoisotopic (exact) mass is 490 g/mol. The molecule has 0 spiro atoms. The van der Waals surface area contributed by atoms with E-state index in [1.807, 2.05) is 48.2 Å². The fourth-order valence-corrected chi connectivity index (χ4v) is 6.29. The first-order valence-corrected chi connectivity index (χ1v) is 14.4. The van der Waals surface area contributed by atoms with Gasteiger partial charge >= 0.3 is 0 Å². The van der Waals surface area contributed by atoms with E-state index in [4.69, 9.17) is 6.57 Å². The van der Waals surface area contributed by atoms with E-state index in [1.54, 1.807) is 16.4 Å². The van der Waals surface area contributed by atoms with Crippen molar-refractivity contribution in [1.29, 1.82) is 0 Å². The van der Waals surface area contributed by atoms with Crippen LogP contribution in [0, 0.1) is 6.57 Å². The van der Waals surface area contributed by atoms with Crippen molar-refractivity contribution < 1.29 is 16.8 Å². The SMILES string of the molecule is [C-]#[N+]c1ccc2c(c1)CN(S(=O)(=O)CCC)[C@H](Cc1ccccc1)CN2CCNS(C)(=O)=O. The van der Waals surface area contributed by atoms with Gasteiger partial charge in [0, 0.05) is 37.9 Å². The van der Waals surface area contributed by atoms with E-state index in [2.05, 4.69) is 9.57 Å². The Hall–Kier alpha value is -2.45. The van der Waals surface area contributed by atoms with Gasteiger partial charge in [-0.05, 0) is 36.1 Å². The number of fused-ring (bicyclic) bond motifs is 1. The minimum Gasteiger partial charge on any atom is -0.368 e. The Labute approximate surface area is 197 Å². The van der Waals surface area contributed by atoms with Crippen LogP contribution in [-0.4, -0.2) is 58.8 Å². The Morgan fingerprint density at radius 2 is 1.85 bits per heavy atom. The van der Waals surface area contributed by atoms with Gasteiger partial charge in [-0.25, -0.2) is 26.4 Å². The minimum absolute atomic E-state index is 0.0474. The van der Waals surface area contributed by atoms with Gasteiger partial charge in [-0.2, -0.15) is 4.31 Å². The topological polar surface area (TPSA) is 91.2 Å². The van der Waals surface area contributed by atoms with E-state index >= 15 is 0 Å². The normalized spacial score (nSPS) is 17.2. The summed E-state index contributed by atoms with van der Waals surface area (Å²) in [5.41, 5.74) is 3.04. The van der Waals surface area contributed by atoms with Crippen LogP contribution in [0.4, 0.5) is 11.4 Å². The van der Waals surface area contributed by atoms with E-state index in [9.17, 15) is 16.8 Å². The summed E-state index contributed by atoms with van der Waals surface area (Å²) in [5, 5.41) is 0. The second kappa shape index (κ2) is 10.7. The molecule has 1 N–H and O–H groups in total. The van der Waals surface area contributed by atoms with Crippen molar-refractivity contribution in [2.75, 3.05) is 36.5 Å². The van der Waals surface area contributed by atoms with Crippen molar-refractivity contribution in [3.05, 3.63) is 71.1 Å². The predicted molar refractivity (Wildman–Crippen MR) is 131 cm³/mol. The molecule has 2 aromatic rings. The van der Waals surface area contributed by atoms with Gasteiger partial charge in [0.1, 0.15) is 0 Å². The van der Waals surface area contributed by atoms with Crippen molar-refractivity contribution in [2.45, 2.75) is 32.4 Å². The number of hydrogen-bond acceptors (Lipinski definition) is 5. The number of nitrogens with zero attached hydrogens (tertiary/aromatic N) is 3. The van der Waals surface area contributed by atoms with Crippen LogP contribution in [0.5, 0.6) is 0 Å². The average molecular weight is 491 g/mol. The van der Waals surface area contributed by atoms with Crippen LogP contribution in [0.25, 0.3) is 4.85 Å². The third kappa shape index (κ3) is 6.77. The molecule has 1 aliphatic rings. The third-order valence-electron chi connectivity index (χ3n) is 5.58. The summed E-state index contributed by atoms with van der Waals surface area (Å²) in [7, 11) is -6.89. The van der Waals surface area contributed by atoms with Crippen LogP contribution in [0.15, 0.2) is 48.5 Å². The molecule has 178 valence electrons. The highest BCUT2D eigenvalue weighted by Crippen LogP contribution is 2.33. The zero-order valence-electron chi connectivity index (χ0n) is 18.9. The number of sulfonamides is 2. The lowest BCUT2D eigenvalue weighted by Crippen LogP contribution is -2.47. The molecule has 1 heterocycles. The highest BCUT2D eigenvalue weighted by atomic mass is 32.2. The summed E-state index contributed by atoms with van der Waals surface area (Å²) in [4.78, 5) is 5.54. The number of rotatable bonds is 9. The molecule has 0 bridgehead atoms. The summed E-state index contributed by atoms with van der Waals surface area (Å²) in [6, 6.07) is 14.7. The van der Waals surface area contributed by atoms with Crippen molar-refractivity contribution in [2.24, 2.45) is 0 Å². The maximum Gasteiger partial charge on any atom is 0.214 e. The minimum atomic E-state index is -3.54. The smallest absolute Gasteiger partial charge is 0.214 e. The van der Waals surface area contributed by atoms with E-state index in [0.717, 1.165) is 23.1 Å². The Balaban J connectivity index is 2.03. The molecule has 33 heavy (non-hydrogen) atoms. The molecule has 0 unspecified atom stereocenters. The third-order valence-corrected chi connectivity index (χ3v) is 8.37. The van der Waals surface area contributed by atoms with E-state index in [-0.39, 0.29) is 24.9 Å². The summed E-state index contributed by atoms with van der Waals surface area (Å²) in [5.74, 6) is 0.0474. The van der Waals surface area contributed by atoms with Crippen LogP contribution in [0.2, 0.25) is 0 Å². The molecule has 0 aromatic heterocycles. The van der Waals surface area contributed by atoms with Crippen molar-refractivity contribution in [1.82, 2.24) is 9.03 Å². The van der Waals surface area contributed by atoms with Crippen LogP contribution < -0.4 is 9.62 Å². The largest absolute Gasteiger partial charge is 0.368 e. The summed E-state index contributed by atoms with van der Waals surface area (Å²) in [6.07, 6.45) is 2.15. The van der Waals surface area contributed by atoms with Gasteiger partial charge in [0.25, 0.3) is 0 Å². The molecule has 10 heteroatoms. The Morgan fingerprint density at radius 3 is 2.48 bits per heavy atom. The fraction of sp³-hybridized carbons (Fsp3) is 0.435. The predicted octanol–water partition coefficient (Wildman–Crippen LogP) is 2.76. The summed E-state index contributed by atoms with van der Waals surface area (Å²) < 4.78 is 53.9. The molecule has 0 radical (unpaired) electrons. The molecule has 3 rings (SSSR count). The molecule has 0 amide bonds. The maximum absolute atomic E-state index is 13.3. The maximum atomic E-state index is 13.3. The zero-order valence-corrected chi connectivity index (χ0v) is 20.6. The first-order valence-electron chi connectivity index (χ1n) is 10.9. The Kier molecular flexibility index (Phi) is 8.13. The highest BCUT2D eigenvalue weighted by molar-refractivity contribution is 7.89. The number of benzene rings is 2. The molecule has 0 aliphatic carbocycles. The first kappa shape index (κ1) is 25.2. The second-order valence-corrected chi connectivity index (χ2v) is 12.1. The highest BCUT2D eigenvalue weighted by Gasteiger charge is 2.35. The zero-order chi connectivity index (χ0) is 24.1. The summed E-state index contributed by atoms with van der Waals surface area (Å²) >= 11 is 0. The summed E-state index contributed by atoms with van der Waals surface area (Å²) in [6.45, 7) is 10.4. The van der Waals surface area contributed by atoms with E-state index in [0.29, 0.717) is 31.6 Å². The van der Waals surface area contributed by atoms with Crippen LogP contribution in [0.3, 0.4) is 0 Å². The quantitative estimate of drug-likeness (QED) is 0.546. The van der Waals surface area contributed by atoms with Gasteiger partial charge < -0.3 is 4.90 Å². The number of nitrogens with one attached hydrogen (secondary N) is 1. The molecular weight excluding hydrogens is 460 g/mol. The fourth-order valence-electron chi connectivity index (χ4n) is 4.15. The molecule has 1 aliphatic heterocycles. The molecule has 2 aromatic carbocycles. The Morgan fingerprint density at radius 1 is 1.12 bits per heavy atom. The lowest BCUT2D eigenvalue weighted by atomic mass is 10.1. The molecular formula is C23H30N4O4S2. The molecule has 0 saturated carbocycles. The van der Waals surface area contributed by atoms with Crippen molar-refractivity contribution in [3.63, 3.8) is 0 Å². The van der Waals surface area contributed by atoms with Gasteiger partial charge in [-0.3, -0.25) is 0 Å². The molecule has 8 nitrogen and oxygen atoms in total. The van der Waals surface area contributed by atoms with Gasteiger partial charge in [-0.15, -0.1) is 0 Å². The standard InChI is InChI=1S/C23H30N4O4S2/c1-4-14-33(30,31)27-17-20-16-21(24-2)10-11-23(20)26(13-12-25-32(3,28)29)18-22(27)15-19-8-6-5-7-9-19/h5-11,16,22,25H,4,12-15,17-18H2,1,3H3/t22-/m1/s1. The van der Waals surface area contributed by atoms with Crippen LogP contribution in [-0.2, 0) is 33.0 Å². The molecule has 1 atom stereocenters. The molecule has 0 fully saturated rings. The average Bonchev–Trinajstić information content (AvgIpc) is 2.90. The lowest BCUT2D eigenvalue weighted by Gasteiger charge is -2.32. The van der Waals surface area contributed by atoms with Crippen LogP contribution >= 0.6 is 0 Å². The lowest BCUT2D eigenvalue weighted by molar-refractivity contribution is 0.318. The van der Waals surface area contributed by atoms with E-state index < -0.39 is 20.0 Å². The van der Waals surface area contributed by atoms with Crippen LogP contribution in [0.1, 0.15) is 24.5 Å². The van der Waals surface area contributed by atoms with Gasteiger partial charge in [-0.1, -0.05) is 43.3 Å². The van der Waals surface area contributed by atoms with E-state index in [1.165, 1.54) is 0 Å². The molecule has 0 saturated heterocycles. The Bertz CT molecular complexity index is 1210. The number of hydrogen-bond donors (Lipinski definition) is 1. The van der Waals surface area contributed by atoms with Gasteiger partial charge in [0.05, 0.1) is 18.6 Å². The van der Waals surface area contributed by atoms with Crippen molar-refractivity contribution in [3.8, 4) is 0 Å². The second-order valence-electron chi connectivity index (χ2n) is 8.24. The van der Waals surface area contributed by atoms with Gasteiger partial charge in [0.15, 0.2) is 5.69 Å². The first-order chi connectivity index (χ1) is 15.6. The van der Waals surface area contributed by atoms with Gasteiger partial charge in [0.2, 0.25) is 20.0 Å². The van der Waals surface area contributed by atoms with Crippen molar-refractivity contribution >= 4 is 31.4 Å². The number of anilines is 1.